The second kappa shape index (κ2) is 6.98. The van der Waals surface area contributed by atoms with E-state index in [0.717, 1.165) is 0 Å². The molecule has 2 aromatic rings. The van der Waals surface area contributed by atoms with E-state index in [9.17, 15) is 4.79 Å². The van der Waals surface area contributed by atoms with Gasteiger partial charge in [0.15, 0.2) is 0 Å². The average molecular weight is 347 g/mol. The fourth-order valence-corrected chi connectivity index (χ4v) is 2.09. The van der Waals surface area contributed by atoms with E-state index >= 15 is 0 Å². The van der Waals surface area contributed by atoms with Crippen LogP contribution in [0, 0.1) is 0 Å². The van der Waals surface area contributed by atoms with Crippen molar-refractivity contribution in [2.75, 3.05) is 7.11 Å². The summed E-state index contributed by atoms with van der Waals surface area (Å²) in [6, 6.07) is 7.77. The van der Waals surface area contributed by atoms with Crippen molar-refractivity contribution in [1.29, 1.82) is 0 Å². The van der Waals surface area contributed by atoms with Crippen LogP contribution in [0.15, 0.2) is 30.3 Å². The number of pyridine rings is 1. The number of hydrogen-bond acceptors (Lipinski definition) is 4. The number of rotatable bonds is 4. The number of benzene rings is 1. The Morgan fingerprint density at radius 3 is 2.67 bits per heavy atom. The van der Waals surface area contributed by atoms with Gasteiger partial charge in [-0.2, -0.15) is 0 Å². The lowest BCUT2D eigenvalue weighted by Gasteiger charge is -2.09. The third kappa shape index (κ3) is 4.00. The van der Waals surface area contributed by atoms with Gasteiger partial charge in [-0.3, -0.25) is 0 Å². The minimum absolute atomic E-state index is 0.0932. The normalized spacial score (nSPS) is 10.3. The fraction of sp³-hybridized carbons (Fsp3) is 0.143. The molecule has 1 heterocycles. The standard InChI is InChI=1S/C14H10Cl3NO3/c1-20-12-6-8(15)2-3-9(12)14(19)21-7-11-10(16)4-5-13(17)18-11/h2-6H,7H2,1H3. The quantitative estimate of drug-likeness (QED) is 0.608. The lowest BCUT2D eigenvalue weighted by Crippen LogP contribution is -2.08. The molecular weight excluding hydrogens is 337 g/mol. The number of ether oxygens (including phenoxy) is 2. The predicted molar refractivity (Wildman–Crippen MR) is 81.4 cm³/mol. The maximum Gasteiger partial charge on any atom is 0.342 e. The van der Waals surface area contributed by atoms with Crippen molar-refractivity contribution >= 4 is 40.8 Å². The number of esters is 1. The Morgan fingerprint density at radius 1 is 1.19 bits per heavy atom. The van der Waals surface area contributed by atoms with E-state index in [-0.39, 0.29) is 17.3 Å². The molecule has 110 valence electrons. The first-order valence-electron chi connectivity index (χ1n) is 5.83. The Kier molecular flexibility index (Phi) is 5.28. The van der Waals surface area contributed by atoms with Crippen LogP contribution in [0.3, 0.4) is 0 Å². The number of hydrogen-bond donors (Lipinski definition) is 0. The molecule has 4 nitrogen and oxygen atoms in total. The van der Waals surface area contributed by atoms with Crippen molar-refractivity contribution in [2.45, 2.75) is 6.61 Å². The zero-order chi connectivity index (χ0) is 15.4. The van der Waals surface area contributed by atoms with E-state index in [1.807, 2.05) is 0 Å². The van der Waals surface area contributed by atoms with E-state index in [2.05, 4.69) is 4.98 Å². The van der Waals surface area contributed by atoms with E-state index in [1.54, 1.807) is 18.2 Å². The maximum atomic E-state index is 12.1. The molecule has 7 heteroatoms. The van der Waals surface area contributed by atoms with Gasteiger partial charge in [0.2, 0.25) is 0 Å². The molecule has 2 rings (SSSR count). The number of halogens is 3. The zero-order valence-electron chi connectivity index (χ0n) is 10.9. The molecule has 0 saturated carbocycles. The highest BCUT2D eigenvalue weighted by Crippen LogP contribution is 2.24. The number of carbonyl (C=O) groups excluding carboxylic acids is 1. The number of aromatic nitrogens is 1. The molecule has 0 aliphatic rings. The molecular formula is C14H10Cl3NO3. The van der Waals surface area contributed by atoms with Crippen LogP contribution in [-0.4, -0.2) is 18.1 Å². The molecule has 1 aromatic heterocycles. The summed E-state index contributed by atoms with van der Waals surface area (Å²) in [5.74, 6) is -0.237. The fourth-order valence-electron chi connectivity index (χ4n) is 1.60. The molecule has 0 aliphatic carbocycles. The van der Waals surface area contributed by atoms with Gasteiger partial charge in [-0.25, -0.2) is 9.78 Å². The molecule has 0 atom stereocenters. The van der Waals surface area contributed by atoms with Gasteiger partial charge in [-0.15, -0.1) is 0 Å². The van der Waals surface area contributed by atoms with Gasteiger partial charge in [-0.1, -0.05) is 34.8 Å². The Labute approximate surface area is 136 Å². The van der Waals surface area contributed by atoms with Crippen LogP contribution in [0.1, 0.15) is 16.1 Å². The molecule has 0 spiro atoms. The smallest absolute Gasteiger partial charge is 0.342 e. The van der Waals surface area contributed by atoms with Crippen LogP contribution in [-0.2, 0) is 11.3 Å². The number of methoxy groups -OCH3 is 1. The third-order valence-electron chi connectivity index (χ3n) is 2.61. The van der Waals surface area contributed by atoms with Crippen LogP contribution in [0.25, 0.3) is 0 Å². The molecule has 0 bridgehead atoms. The predicted octanol–water partition coefficient (Wildman–Crippen LogP) is 4.41. The SMILES string of the molecule is COc1cc(Cl)ccc1C(=O)OCc1nc(Cl)ccc1Cl. The van der Waals surface area contributed by atoms with E-state index in [0.29, 0.717) is 21.5 Å². The van der Waals surface area contributed by atoms with Gasteiger partial charge in [0.1, 0.15) is 23.1 Å². The second-order valence-electron chi connectivity index (χ2n) is 3.98. The van der Waals surface area contributed by atoms with Crippen molar-refractivity contribution < 1.29 is 14.3 Å². The lowest BCUT2D eigenvalue weighted by molar-refractivity contribution is 0.0464. The summed E-state index contributed by atoms with van der Waals surface area (Å²) in [4.78, 5) is 16.1. The molecule has 0 aliphatic heterocycles. The molecule has 21 heavy (non-hydrogen) atoms. The summed E-state index contributed by atoms with van der Waals surface area (Å²) in [5.41, 5.74) is 0.644. The molecule has 0 fully saturated rings. The molecule has 0 amide bonds. The third-order valence-corrected chi connectivity index (χ3v) is 3.40. The Morgan fingerprint density at radius 2 is 1.95 bits per heavy atom. The van der Waals surface area contributed by atoms with Crippen molar-refractivity contribution in [3.8, 4) is 5.75 Å². The largest absolute Gasteiger partial charge is 0.496 e. The highest BCUT2D eigenvalue weighted by molar-refractivity contribution is 6.32. The first-order chi connectivity index (χ1) is 10.0. The number of nitrogens with zero attached hydrogens (tertiary/aromatic N) is 1. The highest BCUT2D eigenvalue weighted by Gasteiger charge is 2.15. The summed E-state index contributed by atoms with van der Waals surface area (Å²) in [6.07, 6.45) is 0. The minimum atomic E-state index is -0.568. The second-order valence-corrected chi connectivity index (χ2v) is 5.21. The molecule has 0 N–H and O–H groups in total. The average Bonchev–Trinajstić information content (AvgIpc) is 2.47. The van der Waals surface area contributed by atoms with Gasteiger partial charge in [0, 0.05) is 5.02 Å². The maximum absolute atomic E-state index is 12.1. The van der Waals surface area contributed by atoms with Gasteiger partial charge < -0.3 is 9.47 Å². The van der Waals surface area contributed by atoms with E-state index in [1.165, 1.54) is 19.2 Å². The van der Waals surface area contributed by atoms with Crippen molar-refractivity contribution in [3.63, 3.8) is 0 Å². The summed E-state index contributed by atoms with van der Waals surface area (Å²) >= 11 is 17.6. The topological polar surface area (TPSA) is 48.4 Å². The summed E-state index contributed by atoms with van der Waals surface area (Å²) in [7, 11) is 1.44. The highest BCUT2D eigenvalue weighted by atomic mass is 35.5. The van der Waals surface area contributed by atoms with Crippen LogP contribution in [0.5, 0.6) is 5.75 Å². The van der Waals surface area contributed by atoms with Gasteiger partial charge in [0.05, 0.1) is 17.8 Å². The summed E-state index contributed by atoms with van der Waals surface area (Å²) in [6.45, 7) is -0.0932. The van der Waals surface area contributed by atoms with Crippen molar-refractivity contribution in [1.82, 2.24) is 4.98 Å². The van der Waals surface area contributed by atoms with Crippen molar-refractivity contribution in [3.05, 3.63) is 56.8 Å². The monoisotopic (exact) mass is 345 g/mol. The molecule has 1 aromatic carbocycles. The van der Waals surface area contributed by atoms with E-state index < -0.39 is 5.97 Å². The molecule has 0 radical (unpaired) electrons. The Bertz CT molecular complexity index is 677. The molecule has 0 unspecified atom stereocenters. The van der Waals surface area contributed by atoms with Crippen LogP contribution >= 0.6 is 34.8 Å². The van der Waals surface area contributed by atoms with Crippen LogP contribution < -0.4 is 4.74 Å². The summed E-state index contributed by atoms with van der Waals surface area (Å²) in [5, 5.41) is 1.10. The van der Waals surface area contributed by atoms with Crippen molar-refractivity contribution in [2.24, 2.45) is 0 Å². The molecule has 0 saturated heterocycles. The summed E-state index contributed by atoms with van der Waals surface area (Å²) < 4.78 is 10.3. The minimum Gasteiger partial charge on any atom is -0.496 e. The lowest BCUT2D eigenvalue weighted by atomic mass is 10.2. The van der Waals surface area contributed by atoms with Gasteiger partial charge in [0.25, 0.3) is 0 Å². The van der Waals surface area contributed by atoms with Gasteiger partial charge >= 0.3 is 5.97 Å². The number of carbonyl (C=O) groups is 1. The Balaban J connectivity index is 2.13. The zero-order valence-corrected chi connectivity index (χ0v) is 13.2. The van der Waals surface area contributed by atoms with E-state index in [4.69, 9.17) is 44.3 Å². The first kappa shape index (κ1) is 15.9. The van der Waals surface area contributed by atoms with Crippen LogP contribution in [0.2, 0.25) is 15.2 Å². The first-order valence-corrected chi connectivity index (χ1v) is 6.96. The van der Waals surface area contributed by atoms with Crippen LogP contribution in [0.4, 0.5) is 0 Å². The van der Waals surface area contributed by atoms with Gasteiger partial charge in [-0.05, 0) is 30.3 Å². The Hall–Kier alpha value is -1.49.